The number of aryl methyl sites for hydroxylation is 1. The molecule has 7 heteroatoms. The van der Waals surface area contributed by atoms with Crippen LogP contribution in [-0.2, 0) is 6.54 Å². The molecule has 1 aliphatic rings. The number of benzene rings is 2. The highest BCUT2D eigenvalue weighted by atomic mass is 35.5. The van der Waals surface area contributed by atoms with E-state index in [0.717, 1.165) is 11.1 Å². The Bertz CT molecular complexity index is 885. The van der Waals surface area contributed by atoms with E-state index in [0.29, 0.717) is 36.9 Å². The van der Waals surface area contributed by atoms with Crippen molar-refractivity contribution in [1.82, 2.24) is 15.1 Å². The number of halogens is 1. The number of urea groups is 2. The molecule has 2 aromatic rings. The third-order valence-electron chi connectivity index (χ3n) is 5.52. The number of nitrogens with zero attached hydrogens (tertiary/aromatic N) is 2. The van der Waals surface area contributed by atoms with Crippen molar-refractivity contribution in [1.29, 1.82) is 0 Å². The fourth-order valence-electron chi connectivity index (χ4n) is 3.63. The number of nitrogens with one attached hydrogen (secondary N) is 2. The molecular weight excluding hydrogens is 400 g/mol. The topological polar surface area (TPSA) is 64.7 Å². The Labute approximate surface area is 183 Å². The fraction of sp³-hybridized carbons (Fsp3) is 0.391. The molecule has 0 spiro atoms. The molecule has 30 heavy (non-hydrogen) atoms. The number of carbonyl (C=O) groups is 2. The van der Waals surface area contributed by atoms with Crippen molar-refractivity contribution >= 4 is 29.4 Å². The lowest BCUT2D eigenvalue weighted by atomic mass is 10.00. The first-order valence-corrected chi connectivity index (χ1v) is 10.6. The zero-order valence-corrected chi connectivity index (χ0v) is 18.4. The van der Waals surface area contributed by atoms with Crippen LogP contribution < -0.4 is 10.6 Å². The molecule has 2 N–H and O–H groups in total. The molecule has 0 radical (unpaired) electrons. The van der Waals surface area contributed by atoms with Gasteiger partial charge in [-0.3, -0.25) is 0 Å². The average molecular weight is 429 g/mol. The van der Waals surface area contributed by atoms with Crippen LogP contribution in [0.5, 0.6) is 0 Å². The van der Waals surface area contributed by atoms with Crippen LogP contribution in [0.15, 0.2) is 48.5 Å². The zero-order chi connectivity index (χ0) is 21.7. The molecule has 0 aromatic heterocycles. The van der Waals surface area contributed by atoms with Gasteiger partial charge in [0.15, 0.2) is 0 Å². The Hall–Kier alpha value is -2.73. The van der Waals surface area contributed by atoms with E-state index in [1.165, 1.54) is 0 Å². The van der Waals surface area contributed by atoms with E-state index in [1.54, 1.807) is 29.2 Å². The number of carbonyl (C=O) groups excluding carboxylic acids is 2. The second kappa shape index (κ2) is 9.85. The van der Waals surface area contributed by atoms with Crippen molar-refractivity contribution in [3.63, 3.8) is 0 Å². The van der Waals surface area contributed by atoms with Gasteiger partial charge >= 0.3 is 12.1 Å². The molecule has 1 saturated heterocycles. The predicted octanol–water partition coefficient (Wildman–Crippen LogP) is 4.73. The second-order valence-electron chi connectivity index (χ2n) is 7.97. The molecule has 4 amide bonds. The van der Waals surface area contributed by atoms with Gasteiger partial charge in [-0.15, -0.1) is 0 Å². The highest BCUT2D eigenvalue weighted by Gasteiger charge is 2.34. The van der Waals surface area contributed by atoms with Crippen LogP contribution in [0.1, 0.15) is 25.0 Å². The summed E-state index contributed by atoms with van der Waals surface area (Å²) in [5.74, 6) is 0.223. The minimum atomic E-state index is -0.164. The number of rotatable bonds is 4. The molecule has 1 atom stereocenters. The van der Waals surface area contributed by atoms with Crippen molar-refractivity contribution in [2.45, 2.75) is 33.4 Å². The first kappa shape index (κ1) is 22.0. The van der Waals surface area contributed by atoms with E-state index in [9.17, 15) is 9.59 Å². The standard InChI is InChI=1S/C23H29ClN4O2/c1-16(2)21-15-27(23(30)26-20-10-8-19(24)9-11-20)12-13-28(21)22(29)25-14-18-7-5-4-6-17(18)3/h4-11,16,21H,12-15H2,1-3H3,(H,25,29)(H,26,30). The van der Waals surface area contributed by atoms with Crippen LogP contribution >= 0.6 is 11.6 Å². The van der Waals surface area contributed by atoms with Crippen LogP contribution in [0, 0.1) is 12.8 Å². The van der Waals surface area contributed by atoms with E-state index in [4.69, 9.17) is 11.6 Å². The fourth-order valence-corrected chi connectivity index (χ4v) is 3.76. The third-order valence-corrected chi connectivity index (χ3v) is 5.78. The van der Waals surface area contributed by atoms with E-state index in [1.807, 2.05) is 36.1 Å². The van der Waals surface area contributed by atoms with Crippen molar-refractivity contribution in [2.24, 2.45) is 5.92 Å². The Morgan fingerprint density at radius 3 is 2.43 bits per heavy atom. The zero-order valence-electron chi connectivity index (χ0n) is 17.7. The summed E-state index contributed by atoms with van der Waals surface area (Å²) >= 11 is 5.90. The average Bonchev–Trinajstić information content (AvgIpc) is 2.74. The summed E-state index contributed by atoms with van der Waals surface area (Å²) in [5, 5.41) is 6.57. The number of anilines is 1. The van der Waals surface area contributed by atoms with E-state index < -0.39 is 0 Å². The van der Waals surface area contributed by atoms with Crippen LogP contribution in [0.2, 0.25) is 5.02 Å². The highest BCUT2D eigenvalue weighted by Crippen LogP contribution is 2.20. The summed E-state index contributed by atoms with van der Waals surface area (Å²) < 4.78 is 0. The largest absolute Gasteiger partial charge is 0.334 e. The molecule has 0 aliphatic carbocycles. The predicted molar refractivity (Wildman–Crippen MR) is 121 cm³/mol. The molecule has 1 unspecified atom stereocenters. The van der Waals surface area contributed by atoms with Gasteiger partial charge in [-0.1, -0.05) is 49.7 Å². The highest BCUT2D eigenvalue weighted by molar-refractivity contribution is 6.30. The van der Waals surface area contributed by atoms with Gasteiger partial charge in [0.2, 0.25) is 0 Å². The van der Waals surface area contributed by atoms with Gasteiger partial charge in [-0.25, -0.2) is 9.59 Å². The Morgan fingerprint density at radius 1 is 1.07 bits per heavy atom. The van der Waals surface area contributed by atoms with E-state index in [2.05, 4.69) is 24.5 Å². The van der Waals surface area contributed by atoms with Gasteiger partial charge < -0.3 is 20.4 Å². The first-order valence-electron chi connectivity index (χ1n) is 10.3. The summed E-state index contributed by atoms with van der Waals surface area (Å²) in [6, 6.07) is 14.8. The minimum Gasteiger partial charge on any atom is -0.334 e. The Morgan fingerprint density at radius 2 is 1.77 bits per heavy atom. The van der Waals surface area contributed by atoms with E-state index >= 15 is 0 Å². The molecule has 3 rings (SSSR count). The Kier molecular flexibility index (Phi) is 7.21. The lowest BCUT2D eigenvalue weighted by Gasteiger charge is -2.43. The monoisotopic (exact) mass is 428 g/mol. The first-order chi connectivity index (χ1) is 14.3. The summed E-state index contributed by atoms with van der Waals surface area (Å²) in [7, 11) is 0. The third kappa shape index (κ3) is 5.45. The van der Waals surface area contributed by atoms with Crippen molar-refractivity contribution < 1.29 is 9.59 Å². The van der Waals surface area contributed by atoms with Gasteiger partial charge in [0.25, 0.3) is 0 Å². The Balaban J connectivity index is 1.60. The maximum absolute atomic E-state index is 12.9. The molecule has 160 valence electrons. The molecule has 2 aromatic carbocycles. The van der Waals surface area contributed by atoms with Crippen LogP contribution in [0.25, 0.3) is 0 Å². The van der Waals surface area contributed by atoms with Gasteiger partial charge in [-0.05, 0) is 48.2 Å². The van der Waals surface area contributed by atoms with Crippen molar-refractivity contribution in [3.8, 4) is 0 Å². The van der Waals surface area contributed by atoms with Crippen molar-refractivity contribution in [2.75, 3.05) is 25.0 Å². The lowest BCUT2D eigenvalue weighted by molar-refractivity contribution is 0.0889. The smallest absolute Gasteiger partial charge is 0.321 e. The summed E-state index contributed by atoms with van der Waals surface area (Å²) in [6.45, 7) is 8.16. The lowest BCUT2D eigenvalue weighted by Crippen LogP contribution is -2.60. The number of hydrogen-bond acceptors (Lipinski definition) is 2. The maximum Gasteiger partial charge on any atom is 0.321 e. The molecule has 1 fully saturated rings. The summed E-state index contributed by atoms with van der Waals surface area (Å²) in [6.07, 6.45) is 0. The maximum atomic E-state index is 12.9. The molecular formula is C23H29ClN4O2. The summed E-state index contributed by atoms with van der Waals surface area (Å²) in [4.78, 5) is 29.2. The van der Waals surface area contributed by atoms with Crippen LogP contribution in [0.4, 0.5) is 15.3 Å². The molecule has 0 bridgehead atoms. The SMILES string of the molecule is Cc1ccccc1CNC(=O)N1CCN(C(=O)Nc2ccc(Cl)cc2)CC1C(C)C. The number of amides is 4. The second-order valence-corrected chi connectivity index (χ2v) is 8.41. The van der Waals surface area contributed by atoms with Gasteiger partial charge in [0.1, 0.15) is 0 Å². The van der Waals surface area contributed by atoms with Crippen LogP contribution in [-0.4, -0.2) is 47.5 Å². The molecule has 1 aliphatic heterocycles. The van der Waals surface area contributed by atoms with Gasteiger partial charge in [-0.2, -0.15) is 0 Å². The van der Waals surface area contributed by atoms with Gasteiger partial charge in [0.05, 0.1) is 6.04 Å². The van der Waals surface area contributed by atoms with Gasteiger partial charge in [0, 0.05) is 36.9 Å². The van der Waals surface area contributed by atoms with Crippen molar-refractivity contribution in [3.05, 3.63) is 64.7 Å². The van der Waals surface area contributed by atoms with E-state index in [-0.39, 0.29) is 24.0 Å². The number of hydrogen-bond donors (Lipinski definition) is 2. The molecule has 0 saturated carbocycles. The molecule has 1 heterocycles. The normalized spacial score (nSPS) is 16.5. The van der Waals surface area contributed by atoms with Crippen LogP contribution in [0.3, 0.4) is 0 Å². The number of piperazine rings is 1. The molecule has 6 nitrogen and oxygen atoms in total. The quantitative estimate of drug-likeness (QED) is 0.739. The minimum absolute atomic E-state index is 0.0495. The summed E-state index contributed by atoms with van der Waals surface area (Å²) in [5.41, 5.74) is 2.96.